The summed E-state index contributed by atoms with van der Waals surface area (Å²) in [6.07, 6.45) is 0. The van der Waals surface area contributed by atoms with Crippen LogP contribution in [-0.2, 0) is 13.1 Å². The highest BCUT2D eigenvalue weighted by molar-refractivity contribution is 7.09. The molecule has 4 heteroatoms. The Labute approximate surface area is 125 Å². The first-order valence-electron chi connectivity index (χ1n) is 6.92. The van der Waals surface area contributed by atoms with Crippen LogP contribution in [0.2, 0.25) is 0 Å². The number of aromatic nitrogens is 1. The van der Waals surface area contributed by atoms with Gasteiger partial charge in [-0.3, -0.25) is 0 Å². The van der Waals surface area contributed by atoms with Crippen LogP contribution in [0.1, 0.15) is 34.7 Å². The zero-order valence-electron chi connectivity index (χ0n) is 12.7. The van der Waals surface area contributed by atoms with E-state index in [4.69, 9.17) is 0 Å². The Balaban J connectivity index is 1.92. The van der Waals surface area contributed by atoms with Crippen molar-refractivity contribution in [1.82, 2.24) is 15.2 Å². The molecule has 2 aromatic rings. The van der Waals surface area contributed by atoms with Gasteiger partial charge in [-0.25, -0.2) is 4.98 Å². The van der Waals surface area contributed by atoms with E-state index in [-0.39, 0.29) is 0 Å². The van der Waals surface area contributed by atoms with Crippen LogP contribution < -0.4 is 5.32 Å². The molecular formula is C16H23N3S. The topological polar surface area (TPSA) is 28.2 Å². The van der Waals surface area contributed by atoms with Crippen LogP contribution in [0.4, 0.5) is 0 Å². The monoisotopic (exact) mass is 289 g/mol. The fourth-order valence-corrected chi connectivity index (χ4v) is 2.86. The fourth-order valence-electron chi connectivity index (χ4n) is 2.14. The van der Waals surface area contributed by atoms with Gasteiger partial charge in [-0.15, -0.1) is 11.3 Å². The van der Waals surface area contributed by atoms with Gasteiger partial charge in [0.1, 0.15) is 0 Å². The maximum Gasteiger partial charge on any atom is 0.0798 e. The maximum absolute atomic E-state index is 4.28. The van der Waals surface area contributed by atoms with Crippen molar-refractivity contribution in [3.05, 3.63) is 51.5 Å². The zero-order valence-corrected chi connectivity index (χ0v) is 13.5. The van der Waals surface area contributed by atoms with Crippen molar-refractivity contribution in [2.45, 2.75) is 33.0 Å². The van der Waals surface area contributed by atoms with Gasteiger partial charge in [0.05, 0.1) is 11.2 Å². The lowest BCUT2D eigenvalue weighted by molar-refractivity contribution is 0.402. The van der Waals surface area contributed by atoms with E-state index in [1.54, 1.807) is 11.3 Å². The van der Waals surface area contributed by atoms with E-state index in [0.29, 0.717) is 6.04 Å². The number of thiazole rings is 1. The van der Waals surface area contributed by atoms with Crippen molar-refractivity contribution in [3.63, 3.8) is 0 Å². The number of hydrogen-bond donors (Lipinski definition) is 1. The van der Waals surface area contributed by atoms with Gasteiger partial charge in [0, 0.05) is 24.0 Å². The lowest BCUT2D eigenvalue weighted by atomic mass is 10.1. The zero-order chi connectivity index (χ0) is 14.5. The third-order valence-corrected chi connectivity index (χ3v) is 4.33. The van der Waals surface area contributed by atoms with Gasteiger partial charge in [0.25, 0.3) is 0 Å². The Morgan fingerprint density at radius 3 is 2.50 bits per heavy atom. The number of nitrogens with zero attached hydrogens (tertiary/aromatic N) is 2. The molecule has 0 aliphatic carbocycles. The average molecular weight is 289 g/mol. The van der Waals surface area contributed by atoms with Crippen LogP contribution in [0.3, 0.4) is 0 Å². The summed E-state index contributed by atoms with van der Waals surface area (Å²) in [4.78, 5) is 7.78. The first-order chi connectivity index (χ1) is 9.56. The number of benzene rings is 1. The highest BCUT2D eigenvalue weighted by Crippen LogP contribution is 2.17. The number of aryl methyl sites for hydroxylation is 1. The van der Waals surface area contributed by atoms with Gasteiger partial charge in [-0.2, -0.15) is 0 Å². The Hall–Kier alpha value is -1.23. The molecule has 1 aromatic heterocycles. The normalized spacial score (nSPS) is 12.8. The molecule has 0 spiro atoms. The number of hydrogen-bond acceptors (Lipinski definition) is 4. The van der Waals surface area contributed by atoms with Crippen LogP contribution in [0.15, 0.2) is 29.8 Å². The molecule has 1 heterocycles. The van der Waals surface area contributed by atoms with Crippen molar-refractivity contribution in [2.75, 3.05) is 14.1 Å². The second-order valence-electron chi connectivity index (χ2n) is 5.44. The molecule has 0 aliphatic rings. The molecule has 108 valence electrons. The highest BCUT2D eigenvalue weighted by atomic mass is 32.1. The number of rotatable bonds is 6. The van der Waals surface area contributed by atoms with Crippen molar-refractivity contribution in [3.8, 4) is 0 Å². The molecule has 0 amide bonds. The van der Waals surface area contributed by atoms with E-state index in [1.165, 1.54) is 16.0 Å². The second kappa shape index (κ2) is 6.97. The summed E-state index contributed by atoms with van der Waals surface area (Å²) < 4.78 is 0. The Morgan fingerprint density at radius 1 is 1.25 bits per heavy atom. The van der Waals surface area contributed by atoms with Gasteiger partial charge >= 0.3 is 0 Å². The predicted molar refractivity (Wildman–Crippen MR) is 85.9 cm³/mol. The van der Waals surface area contributed by atoms with E-state index in [1.807, 2.05) is 5.51 Å². The van der Waals surface area contributed by atoms with Crippen LogP contribution in [0, 0.1) is 6.92 Å². The van der Waals surface area contributed by atoms with Gasteiger partial charge in [-0.05, 0) is 39.1 Å². The van der Waals surface area contributed by atoms with Crippen LogP contribution in [0.25, 0.3) is 0 Å². The highest BCUT2D eigenvalue weighted by Gasteiger charge is 2.07. The second-order valence-corrected chi connectivity index (χ2v) is 6.38. The van der Waals surface area contributed by atoms with Crippen LogP contribution in [0.5, 0.6) is 0 Å². The molecule has 1 atom stereocenters. The van der Waals surface area contributed by atoms with Gasteiger partial charge in [0.2, 0.25) is 0 Å². The quantitative estimate of drug-likeness (QED) is 0.884. The summed E-state index contributed by atoms with van der Waals surface area (Å²) in [5.41, 5.74) is 5.72. The molecular weight excluding hydrogens is 266 g/mol. The SMILES string of the molecule is Cc1ncsc1CNC(C)c1ccc(CN(C)C)cc1. The molecule has 0 saturated carbocycles. The van der Waals surface area contributed by atoms with E-state index < -0.39 is 0 Å². The summed E-state index contributed by atoms with van der Waals surface area (Å²) in [6, 6.07) is 9.22. The molecule has 3 nitrogen and oxygen atoms in total. The smallest absolute Gasteiger partial charge is 0.0798 e. The lowest BCUT2D eigenvalue weighted by Crippen LogP contribution is -2.18. The molecule has 0 aliphatic heterocycles. The molecule has 0 saturated heterocycles. The summed E-state index contributed by atoms with van der Waals surface area (Å²) in [5, 5.41) is 3.56. The Bertz CT molecular complexity index is 531. The number of nitrogens with one attached hydrogen (secondary N) is 1. The fraction of sp³-hybridized carbons (Fsp3) is 0.438. The first-order valence-corrected chi connectivity index (χ1v) is 7.80. The van der Waals surface area contributed by atoms with Crippen molar-refractivity contribution in [2.24, 2.45) is 0 Å². The van der Waals surface area contributed by atoms with Crippen molar-refractivity contribution >= 4 is 11.3 Å². The van der Waals surface area contributed by atoms with E-state index >= 15 is 0 Å². The first kappa shape index (κ1) is 15.2. The molecule has 2 rings (SSSR count). The third-order valence-electron chi connectivity index (χ3n) is 3.39. The Morgan fingerprint density at radius 2 is 1.95 bits per heavy atom. The van der Waals surface area contributed by atoms with E-state index in [0.717, 1.165) is 18.8 Å². The largest absolute Gasteiger partial charge is 0.305 e. The molecule has 0 bridgehead atoms. The Kier molecular flexibility index (Phi) is 5.29. The average Bonchev–Trinajstić information content (AvgIpc) is 2.82. The van der Waals surface area contributed by atoms with E-state index in [9.17, 15) is 0 Å². The van der Waals surface area contributed by atoms with Gasteiger partial charge in [0.15, 0.2) is 0 Å². The molecule has 20 heavy (non-hydrogen) atoms. The predicted octanol–water partition coefficient (Wildman–Crippen LogP) is 3.36. The van der Waals surface area contributed by atoms with Crippen molar-refractivity contribution in [1.29, 1.82) is 0 Å². The minimum atomic E-state index is 0.352. The van der Waals surface area contributed by atoms with Gasteiger partial charge < -0.3 is 10.2 Å². The standard InChI is InChI=1S/C16H23N3S/c1-12(17-9-16-13(2)18-11-20-16)15-7-5-14(6-8-15)10-19(3)4/h5-8,11-12,17H,9-10H2,1-4H3. The summed E-state index contributed by atoms with van der Waals surface area (Å²) in [5.74, 6) is 0. The minimum absolute atomic E-state index is 0.352. The summed E-state index contributed by atoms with van der Waals surface area (Å²) in [7, 11) is 4.19. The maximum atomic E-state index is 4.28. The molecule has 1 unspecified atom stereocenters. The van der Waals surface area contributed by atoms with Gasteiger partial charge in [-0.1, -0.05) is 24.3 Å². The van der Waals surface area contributed by atoms with Crippen LogP contribution in [-0.4, -0.2) is 24.0 Å². The summed E-state index contributed by atoms with van der Waals surface area (Å²) in [6.45, 7) is 6.14. The summed E-state index contributed by atoms with van der Waals surface area (Å²) >= 11 is 1.72. The van der Waals surface area contributed by atoms with E-state index in [2.05, 4.69) is 67.4 Å². The van der Waals surface area contributed by atoms with Crippen molar-refractivity contribution < 1.29 is 0 Å². The van der Waals surface area contributed by atoms with Crippen LogP contribution >= 0.6 is 11.3 Å². The third kappa shape index (κ3) is 4.13. The molecule has 0 fully saturated rings. The molecule has 1 aromatic carbocycles. The lowest BCUT2D eigenvalue weighted by Gasteiger charge is -2.15. The minimum Gasteiger partial charge on any atom is -0.305 e. The molecule has 0 radical (unpaired) electrons. The molecule has 1 N–H and O–H groups in total.